The number of phenols is 1. The third kappa shape index (κ3) is 3.37. The van der Waals surface area contributed by atoms with Gasteiger partial charge in [-0.05, 0) is 56.5 Å². The number of likely N-dealkylation sites (N-methyl/N-ethyl adjacent to an activating group) is 1. The van der Waals surface area contributed by atoms with Gasteiger partial charge in [0.2, 0.25) is 5.91 Å². The number of aromatic hydroxyl groups is 1. The van der Waals surface area contributed by atoms with Gasteiger partial charge in [-0.3, -0.25) is 33.7 Å². The number of ketones is 4. The number of nitrogens with zero attached hydrogens (tertiary/aromatic N) is 2. The van der Waals surface area contributed by atoms with Crippen LogP contribution in [0.4, 0.5) is 0 Å². The van der Waals surface area contributed by atoms with Crippen molar-refractivity contribution in [3.05, 3.63) is 28.8 Å². The largest absolute Gasteiger partial charge is 0.507 e. The molecule has 1 heterocycles. The van der Waals surface area contributed by atoms with Crippen molar-refractivity contribution >= 4 is 29.0 Å². The number of rotatable bonds is 4. The first-order valence-corrected chi connectivity index (χ1v) is 12.0. The molecule has 6 atom stereocenters. The van der Waals surface area contributed by atoms with Gasteiger partial charge in [0.25, 0.3) is 0 Å². The van der Waals surface area contributed by atoms with Crippen LogP contribution in [0.2, 0.25) is 0 Å². The van der Waals surface area contributed by atoms with Crippen molar-refractivity contribution in [1.29, 1.82) is 0 Å². The molecule has 4 N–H and O–H groups in total. The monoisotopic (exact) mass is 499 g/mol. The van der Waals surface area contributed by atoms with Gasteiger partial charge >= 0.3 is 0 Å². The number of primary amides is 1. The third-order valence-electron chi connectivity index (χ3n) is 8.21. The van der Waals surface area contributed by atoms with Crippen LogP contribution < -0.4 is 5.73 Å². The third-order valence-corrected chi connectivity index (χ3v) is 8.21. The van der Waals surface area contributed by atoms with Gasteiger partial charge < -0.3 is 15.9 Å². The number of benzene rings is 1. The van der Waals surface area contributed by atoms with E-state index in [1.165, 1.54) is 11.0 Å². The number of phenolic OH excluding ortho intramolecular Hbond substituents is 1. The average molecular weight is 500 g/mol. The van der Waals surface area contributed by atoms with Crippen LogP contribution in [0.25, 0.3) is 0 Å². The number of fused-ring (bicyclic) bond motifs is 3. The van der Waals surface area contributed by atoms with Crippen LogP contribution >= 0.6 is 0 Å². The fourth-order valence-corrected chi connectivity index (χ4v) is 6.63. The van der Waals surface area contributed by atoms with Crippen molar-refractivity contribution in [3.63, 3.8) is 0 Å². The van der Waals surface area contributed by atoms with Crippen LogP contribution in [0.15, 0.2) is 12.1 Å². The molecular weight excluding hydrogens is 470 g/mol. The molecule has 11 heteroatoms. The van der Waals surface area contributed by atoms with Gasteiger partial charge in [0.15, 0.2) is 34.7 Å². The lowest BCUT2D eigenvalue weighted by Crippen LogP contribution is -2.74. The molecule has 2 saturated carbocycles. The SMILES string of the molecule is CN(C)[C@@H]1C(=O)C(C(N)=O)C(=O)[C@@]2(O)C(=O)C3C(=O)c4c(O)ccc(CN5CCCO5)c4C[C@H]3C[C@@H]12. The van der Waals surface area contributed by atoms with Crippen molar-refractivity contribution in [2.24, 2.45) is 29.4 Å². The molecule has 1 amide bonds. The normalized spacial score (nSPS) is 34.5. The molecule has 36 heavy (non-hydrogen) atoms. The summed E-state index contributed by atoms with van der Waals surface area (Å²) in [5.74, 6) is -10.4. The first kappa shape index (κ1) is 24.7. The minimum Gasteiger partial charge on any atom is -0.507 e. The lowest BCUT2D eigenvalue weighted by molar-refractivity contribution is -0.181. The summed E-state index contributed by atoms with van der Waals surface area (Å²) in [7, 11) is 3.11. The maximum Gasteiger partial charge on any atom is 0.235 e. The van der Waals surface area contributed by atoms with E-state index >= 15 is 0 Å². The molecule has 1 saturated heterocycles. The molecule has 3 aliphatic carbocycles. The molecule has 11 nitrogen and oxygen atoms in total. The highest BCUT2D eigenvalue weighted by atomic mass is 16.7. The van der Waals surface area contributed by atoms with E-state index in [-0.39, 0.29) is 24.2 Å². The van der Waals surface area contributed by atoms with Crippen LogP contribution in [0.1, 0.15) is 34.3 Å². The number of hydroxylamine groups is 2. The fourth-order valence-electron chi connectivity index (χ4n) is 6.63. The van der Waals surface area contributed by atoms with Gasteiger partial charge in [0.1, 0.15) is 5.75 Å². The van der Waals surface area contributed by atoms with E-state index < -0.39 is 64.4 Å². The first-order chi connectivity index (χ1) is 17.0. The van der Waals surface area contributed by atoms with Gasteiger partial charge in [-0.1, -0.05) is 6.07 Å². The number of hydrogen-bond acceptors (Lipinski definition) is 10. The Morgan fingerprint density at radius 3 is 2.56 bits per heavy atom. The lowest BCUT2D eigenvalue weighted by atomic mass is 9.52. The lowest BCUT2D eigenvalue weighted by Gasteiger charge is -2.52. The summed E-state index contributed by atoms with van der Waals surface area (Å²) in [4.78, 5) is 72.9. The zero-order valence-electron chi connectivity index (χ0n) is 20.1. The topological polar surface area (TPSA) is 168 Å². The second-order valence-corrected chi connectivity index (χ2v) is 10.4. The number of aliphatic hydroxyl groups is 1. The van der Waals surface area contributed by atoms with Crippen LogP contribution in [0.3, 0.4) is 0 Å². The molecule has 0 aromatic heterocycles. The van der Waals surface area contributed by atoms with Crippen molar-refractivity contribution in [2.75, 3.05) is 27.2 Å². The maximum atomic E-state index is 13.8. The number of nitrogens with two attached hydrogens (primary N) is 1. The molecule has 2 unspecified atom stereocenters. The molecule has 5 rings (SSSR count). The van der Waals surface area contributed by atoms with E-state index in [1.807, 2.05) is 0 Å². The van der Waals surface area contributed by atoms with E-state index in [2.05, 4.69) is 0 Å². The molecule has 1 aromatic carbocycles. The molecule has 3 fully saturated rings. The second kappa shape index (κ2) is 8.55. The molecule has 1 aromatic rings. The maximum absolute atomic E-state index is 13.8. The first-order valence-electron chi connectivity index (χ1n) is 12.0. The highest BCUT2D eigenvalue weighted by Gasteiger charge is 2.69. The number of carbonyl (C=O) groups excluding carboxylic acids is 5. The Kier molecular flexibility index (Phi) is 5.86. The van der Waals surface area contributed by atoms with Crippen LogP contribution in [-0.2, 0) is 37.0 Å². The van der Waals surface area contributed by atoms with Crippen LogP contribution in [0, 0.1) is 23.7 Å². The summed E-state index contributed by atoms with van der Waals surface area (Å²) in [6.07, 6.45) is 1.14. The van der Waals surface area contributed by atoms with Gasteiger partial charge in [-0.2, -0.15) is 5.06 Å². The zero-order chi connectivity index (χ0) is 26.1. The Bertz CT molecular complexity index is 1190. The van der Waals surface area contributed by atoms with Gasteiger partial charge in [0.05, 0.1) is 24.1 Å². The second-order valence-electron chi connectivity index (χ2n) is 10.4. The van der Waals surface area contributed by atoms with E-state index in [9.17, 15) is 34.2 Å². The molecular formula is C25H29N3O8. The predicted molar refractivity (Wildman–Crippen MR) is 122 cm³/mol. The Hall–Kier alpha value is -2.99. The Morgan fingerprint density at radius 1 is 1.22 bits per heavy atom. The van der Waals surface area contributed by atoms with Crippen molar-refractivity contribution in [2.45, 2.75) is 37.5 Å². The molecule has 192 valence electrons. The average Bonchev–Trinajstić information content (AvgIpc) is 3.31. The van der Waals surface area contributed by atoms with Crippen molar-refractivity contribution < 1.29 is 39.0 Å². The van der Waals surface area contributed by atoms with Gasteiger partial charge in [0, 0.05) is 19.0 Å². The minimum absolute atomic E-state index is 0.00158. The van der Waals surface area contributed by atoms with Crippen molar-refractivity contribution in [3.8, 4) is 5.75 Å². The molecule has 1 aliphatic heterocycles. The molecule has 0 spiro atoms. The Labute approximate surface area is 207 Å². The summed E-state index contributed by atoms with van der Waals surface area (Å²) < 4.78 is 0. The number of hydrogen-bond donors (Lipinski definition) is 3. The van der Waals surface area contributed by atoms with E-state index in [0.717, 1.165) is 18.5 Å². The summed E-state index contributed by atoms with van der Waals surface area (Å²) in [6, 6.07) is 1.99. The number of Topliss-reactive ketones (excluding diaryl/α,β-unsaturated/α-hetero) is 4. The van der Waals surface area contributed by atoms with Crippen LogP contribution in [0.5, 0.6) is 5.75 Å². The van der Waals surface area contributed by atoms with E-state index in [1.54, 1.807) is 25.2 Å². The van der Waals surface area contributed by atoms with Crippen LogP contribution in [-0.4, -0.2) is 88.1 Å². The smallest absolute Gasteiger partial charge is 0.235 e. The molecule has 4 aliphatic rings. The minimum atomic E-state index is -2.71. The molecule has 0 radical (unpaired) electrons. The van der Waals surface area contributed by atoms with Crippen molar-refractivity contribution in [1.82, 2.24) is 9.96 Å². The summed E-state index contributed by atoms with van der Waals surface area (Å²) in [5, 5.41) is 23.9. The standard InChI is InChI=1S/C25H29N3O8/c1-27(2)19-14-9-12-8-13-11(10-28-6-3-7-36-28)4-5-15(29)17(13)20(30)16(12)22(32)25(14,35)23(33)18(21(19)31)24(26)34/h4-5,12,14,16,18-19,29,35H,3,6-10H2,1-2H3,(H2,26,34)/t12-,14-,16?,18?,19-,25-/m0/s1. The number of carbonyl (C=O) groups is 5. The predicted octanol–water partition coefficient (Wildman–Crippen LogP) is -0.996. The van der Waals surface area contributed by atoms with Gasteiger partial charge in [-0.15, -0.1) is 0 Å². The highest BCUT2D eigenvalue weighted by Crippen LogP contribution is 2.51. The fraction of sp³-hybridized carbons (Fsp3) is 0.560. The summed E-state index contributed by atoms with van der Waals surface area (Å²) in [6.45, 7) is 1.71. The number of amides is 1. The Morgan fingerprint density at radius 2 is 1.94 bits per heavy atom. The Balaban J connectivity index is 1.59. The summed E-state index contributed by atoms with van der Waals surface area (Å²) >= 11 is 0. The summed E-state index contributed by atoms with van der Waals surface area (Å²) in [5.41, 5.74) is 3.98. The van der Waals surface area contributed by atoms with E-state index in [4.69, 9.17) is 10.6 Å². The van der Waals surface area contributed by atoms with E-state index in [0.29, 0.717) is 18.7 Å². The quantitative estimate of drug-likeness (QED) is 0.437. The van der Waals surface area contributed by atoms with Gasteiger partial charge in [-0.25, -0.2) is 0 Å². The zero-order valence-corrected chi connectivity index (χ0v) is 20.1. The molecule has 0 bridgehead atoms. The highest BCUT2D eigenvalue weighted by molar-refractivity contribution is 6.32.